The molecular formula is C30H47O10P. The molecule has 0 aliphatic rings. The van der Waals surface area contributed by atoms with Gasteiger partial charge in [-0.15, -0.1) is 0 Å². The first kappa shape index (κ1) is 38.4. The number of phosphoric ester groups is 1. The van der Waals surface area contributed by atoms with Crippen LogP contribution < -0.4 is 0 Å². The summed E-state index contributed by atoms with van der Waals surface area (Å²) in [5, 5.41) is 18.4. The van der Waals surface area contributed by atoms with Crippen LogP contribution in [0.25, 0.3) is 0 Å². The van der Waals surface area contributed by atoms with Crippen molar-refractivity contribution < 1.29 is 47.8 Å². The molecular weight excluding hydrogens is 551 g/mol. The number of carbonyl (C=O) groups is 2. The quantitative estimate of drug-likeness (QED) is 0.0746. The normalized spacial score (nSPS) is 15.5. The third kappa shape index (κ3) is 26.1. The summed E-state index contributed by atoms with van der Waals surface area (Å²) >= 11 is 0. The molecule has 0 heterocycles. The molecule has 11 heteroatoms. The smallest absolute Gasteiger partial charge is 0.458 e. The van der Waals surface area contributed by atoms with Crippen molar-refractivity contribution >= 4 is 19.8 Å². The number of carbonyl (C=O) groups excluding carboxylic acids is 2. The number of esters is 2. The average Bonchev–Trinajstić information content (AvgIpc) is 2.94. The van der Waals surface area contributed by atoms with E-state index in [0.29, 0.717) is 6.42 Å². The molecule has 0 spiro atoms. The minimum atomic E-state index is -4.60. The van der Waals surface area contributed by atoms with Crippen molar-refractivity contribution in [1.29, 1.82) is 0 Å². The Labute approximate surface area is 244 Å². The molecule has 10 nitrogen and oxygen atoms in total. The molecule has 0 radical (unpaired) electrons. The molecule has 232 valence electrons. The zero-order chi connectivity index (χ0) is 30.6. The molecule has 0 amide bonds. The van der Waals surface area contributed by atoms with E-state index in [-0.39, 0.29) is 6.42 Å². The molecule has 0 aromatic heterocycles. The second-order valence-corrected chi connectivity index (χ2v) is 10.2. The molecule has 0 saturated carbocycles. The lowest BCUT2D eigenvalue weighted by molar-refractivity contribution is -0.153. The Kier molecular flexibility index (Phi) is 24.7. The average molecular weight is 599 g/mol. The highest BCUT2D eigenvalue weighted by Crippen LogP contribution is 2.43. The van der Waals surface area contributed by atoms with E-state index in [9.17, 15) is 24.2 Å². The summed E-state index contributed by atoms with van der Waals surface area (Å²) < 4.78 is 31.0. The Bertz CT molecular complexity index is 920. The predicted molar refractivity (Wildman–Crippen MR) is 159 cm³/mol. The van der Waals surface area contributed by atoms with E-state index in [2.05, 4.69) is 70.9 Å². The maximum atomic E-state index is 12.0. The maximum Gasteiger partial charge on any atom is 0.472 e. The first-order valence-electron chi connectivity index (χ1n) is 13.8. The van der Waals surface area contributed by atoms with Gasteiger partial charge in [0.05, 0.1) is 26.4 Å². The van der Waals surface area contributed by atoms with Gasteiger partial charge in [-0.05, 0) is 44.9 Å². The standard InChI is InChI=1S/C30H47O10P/c1-3-4-5-6-7-8-9-10-11-12-13-14-15-16-17-18-19-20-21-22-30(34)40-29(24-32)26-38-41(35,36)37-25-28(23-31)39-27(2)33/h4-5,7-8,10-11,13-14,16-17,19-20,28-29,31-32H,3,6,9,12,15,18,21-26H2,1-2H3,(H,35,36)/b5-4-,8-7-,11-10-,14-13-,17-16-,20-19-. The summed E-state index contributed by atoms with van der Waals surface area (Å²) in [6, 6.07) is 0. The molecule has 41 heavy (non-hydrogen) atoms. The lowest BCUT2D eigenvalue weighted by Gasteiger charge is -2.19. The highest BCUT2D eigenvalue weighted by Gasteiger charge is 2.27. The van der Waals surface area contributed by atoms with Gasteiger partial charge < -0.3 is 24.6 Å². The summed E-state index contributed by atoms with van der Waals surface area (Å²) in [7, 11) is -4.60. The molecule has 0 saturated heterocycles. The topological polar surface area (TPSA) is 149 Å². The van der Waals surface area contributed by atoms with Crippen LogP contribution in [-0.4, -0.2) is 65.7 Å². The van der Waals surface area contributed by atoms with Gasteiger partial charge in [-0.3, -0.25) is 18.6 Å². The number of aliphatic hydroxyl groups excluding tert-OH is 2. The first-order valence-corrected chi connectivity index (χ1v) is 15.3. The lowest BCUT2D eigenvalue weighted by Crippen LogP contribution is -2.28. The fourth-order valence-corrected chi connectivity index (χ4v) is 3.74. The van der Waals surface area contributed by atoms with Gasteiger partial charge in [-0.25, -0.2) is 4.57 Å². The van der Waals surface area contributed by atoms with E-state index in [1.54, 1.807) is 0 Å². The molecule has 3 N–H and O–H groups in total. The van der Waals surface area contributed by atoms with Gasteiger partial charge in [0, 0.05) is 13.3 Å². The van der Waals surface area contributed by atoms with E-state index in [1.165, 1.54) is 0 Å². The number of rotatable bonds is 24. The van der Waals surface area contributed by atoms with Crippen molar-refractivity contribution in [1.82, 2.24) is 0 Å². The summed E-state index contributed by atoms with van der Waals surface area (Å²) in [6.45, 7) is 0.820. The minimum absolute atomic E-state index is 0.0620. The van der Waals surface area contributed by atoms with Gasteiger partial charge in [-0.2, -0.15) is 0 Å². The molecule has 3 atom stereocenters. The maximum absolute atomic E-state index is 12.0. The van der Waals surface area contributed by atoms with Gasteiger partial charge in [0.15, 0.2) is 0 Å². The van der Waals surface area contributed by atoms with Crippen molar-refractivity contribution in [3.8, 4) is 0 Å². The van der Waals surface area contributed by atoms with E-state index in [0.717, 1.165) is 45.4 Å². The lowest BCUT2D eigenvalue weighted by atomic mass is 10.2. The van der Waals surface area contributed by atoms with E-state index >= 15 is 0 Å². The summed E-state index contributed by atoms with van der Waals surface area (Å²) in [5.74, 6) is -1.30. The summed E-state index contributed by atoms with van der Waals surface area (Å²) in [5.41, 5.74) is 0. The summed E-state index contributed by atoms with van der Waals surface area (Å²) in [4.78, 5) is 32.6. The summed E-state index contributed by atoms with van der Waals surface area (Å²) in [6.07, 6.45) is 28.8. The van der Waals surface area contributed by atoms with E-state index < -0.39 is 58.4 Å². The fraction of sp³-hybridized carbons (Fsp3) is 0.533. The zero-order valence-electron chi connectivity index (χ0n) is 24.2. The van der Waals surface area contributed by atoms with Crippen molar-refractivity contribution in [2.45, 2.75) is 77.4 Å². The second-order valence-electron chi connectivity index (χ2n) is 8.72. The Morgan fingerprint density at radius 2 is 1.07 bits per heavy atom. The number of hydrogen-bond donors (Lipinski definition) is 3. The van der Waals surface area contributed by atoms with Crippen LogP contribution in [-0.2, 0) is 32.7 Å². The fourth-order valence-electron chi connectivity index (χ4n) is 2.96. The molecule has 0 fully saturated rings. The van der Waals surface area contributed by atoms with Crippen LogP contribution in [0.2, 0.25) is 0 Å². The SMILES string of the molecule is CC/C=C\C/C=C\C/C=C\C/C=C\C/C=C\C/C=C\CCC(=O)OC(CO)COP(=O)(O)OCC(CO)OC(C)=O. The first-order chi connectivity index (χ1) is 19.7. The van der Waals surface area contributed by atoms with Crippen molar-refractivity contribution in [2.24, 2.45) is 0 Å². The van der Waals surface area contributed by atoms with Gasteiger partial charge in [0.1, 0.15) is 12.2 Å². The van der Waals surface area contributed by atoms with Crippen LogP contribution in [0.1, 0.15) is 65.2 Å². The predicted octanol–water partition coefficient (Wildman–Crippen LogP) is 5.43. The van der Waals surface area contributed by atoms with Crippen molar-refractivity contribution in [3.63, 3.8) is 0 Å². The molecule has 0 aromatic carbocycles. The van der Waals surface area contributed by atoms with E-state index in [4.69, 9.17) is 14.4 Å². The Morgan fingerprint density at radius 1 is 0.683 bits per heavy atom. The molecule has 0 aliphatic carbocycles. The molecule has 3 unspecified atom stereocenters. The third-order valence-corrected chi connectivity index (χ3v) is 5.95. The van der Waals surface area contributed by atoms with Crippen LogP contribution in [0.4, 0.5) is 0 Å². The highest BCUT2D eigenvalue weighted by atomic mass is 31.2. The number of allylic oxidation sites excluding steroid dienone is 12. The van der Waals surface area contributed by atoms with Crippen molar-refractivity contribution in [3.05, 3.63) is 72.9 Å². The molecule has 0 aromatic rings. The van der Waals surface area contributed by atoms with Crippen LogP contribution in [0.3, 0.4) is 0 Å². The van der Waals surface area contributed by atoms with Gasteiger partial charge in [-0.1, -0.05) is 79.8 Å². The monoisotopic (exact) mass is 598 g/mol. The number of hydrogen-bond acceptors (Lipinski definition) is 9. The Balaban J connectivity index is 4.04. The number of ether oxygens (including phenoxy) is 2. The van der Waals surface area contributed by atoms with Gasteiger partial charge in [0.2, 0.25) is 0 Å². The van der Waals surface area contributed by atoms with Gasteiger partial charge in [0.25, 0.3) is 0 Å². The second kappa shape index (κ2) is 26.3. The zero-order valence-corrected chi connectivity index (χ0v) is 25.1. The Hall–Kier alpha value is -2.59. The van der Waals surface area contributed by atoms with Crippen LogP contribution >= 0.6 is 7.82 Å². The van der Waals surface area contributed by atoms with Crippen LogP contribution in [0.15, 0.2) is 72.9 Å². The van der Waals surface area contributed by atoms with Crippen molar-refractivity contribution in [2.75, 3.05) is 26.4 Å². The molecule has 0 bridgehead atoms. The molecule has 0 aliphatic heterocycles. The molecule has 0 rings (SSSR count). The number of phosphoric acid groups is 1. The highest BCUT2D eigenvalue weighted by molar-refractivity contribution is 7.47. The third-order valence-electron chi connectivity index (χ3n) is 5.00. The van der Waals surface area contributed by atoms with Gasteiger partial charge >= 0.3 is 19.8 Å². The largest absolute Gasteiger partial charge is 0.472 e. The van der Waals surface area contributed by atoms with Crippen LogP contribution in [0, 0.1) is 0 Å². The number of aliphatic hydroxyl groups is 2. The van der Waals surface area contributed by atoms with Crippen LogP contribution in [0.5, 0.6) is 0 Å². The minimum Gasteiger partial charge on any atom is -0.458 e. The Morgan fingerprint density at radius 3 is 1.46 bits per heavy atom. The van der Waals surface area contributed by atoms with E-state index in [1.807, 2.05) is 18.2 Å².